The monoisotopic (exact) mass is 705 g/mol. The zero-order valence-corrected chi connectivity index (χ0v) is 29.2. The van der Waals surface area contributed by atoms with Crippen LogP contribution in [0.25, 0.3) is 0 Å². The number of carbonyl (C=O) groups is 1. The summed E-state index contributed by atoms with van der Waals surface area (Å²) in [5, 5.41) is 21.0. The number of halogens is 2. The SMILES string of the molecule is CO[C@@H](CO)[C@@]1(CO)/C(F)=C/C[C@H](C)[C@@H](C)S(=O)(=O)NC(=O)c2ccc3c(c2)N(C[C@@H]2CCN21)C[C@@]1(CCCc2cc(Cl)ccc21)CO3. The quantitative estimate of drug-likeness (QED) is 0.433. The molecule has 0 radical (unpaired) electrons. The number of allylic oxidation sites excluding steroid dienone is 1. The second kappa shape index (κ2) is 13.5. The smallest absolute Gasteiger partial charge is 0.264 e. The van der Waals surface area contributed by atoms with Crippen molar-refractivity contribution in [3.63, 3.8) is 0 Å². The Morgan fingerprint density at radius 2 is 2.00 bits per heavy atom. The minimum absolute atomic E-state index is 0.0124. The number of nitrogens with one attached hydrogen (secondary N) is 1. The number of fused-ring (bicyclic) bond motifs is 4. The highest BCUT2D eigenvalue weighted by Crippen LogP contribution is 2.46. The summed E-state index contributed by atoms with van der Waals surface area (Å²) < 4.78 is 57.8. The van der Waals surface area contributed by atoms with Crippen molar-refractivity contribution < 1.29 is 37.3 Å². The van der Waals surface area contributed by atoms with E-state index in [9.17, 15) is 23.4 Å². The van der Waals surface area contributed by atoms with Gasteiger partial charge >= 0.3 is 0 Å². The molecule has 13 heteroatoms. The lowest BCUT2D eigenvalue weighted by atomic mass is 9.70. The van der Waals surface area contributed by atoms with Crippen LogP contribution in [0, 0.1) is 5.92 Å². The highest BCUT2D eigenvalue weighted by atomic mass is 35.5. The van der Waals surface area contributed by atoms with Crippen LogP contribution >= 0.6 is 11.6 Å². The van der Waals surface area contributed by atoms with Gasteiger partial charge in [0, 0.05) is 48.8 Å². The Kier molecular flexibility index (Phi) is 9.89. The number of aliphatic hydroxyl groups excluding tert-OH is 2. The first kappa shape index (κ1) is 35.1. The Labute approximate surface area is 286 Å². The van der Waals surface area contributed by atoms with E-state index in [-0.39, 0.29) is 18.0 Å². The molecule has 2 aromatic carbocycles. The van der Waals surface area contributed by atoms with Gasteiger partial charge in [-0.25, -0.2) is 17.5 Å². The van der Waals surface area contributed by atoms with E-state index in [1.54, 1.807) is 25.1 Å². The first-order valence-corrected chi connectivity index (χ1v) is 18.6. The zero-order valence-electron chi connectivity index (χ0n) is 27.6. The van der Waals surface area contributed by atoms with Gasteiger partial charge in [-0.05, 0) is 86.4 Å². The number of anilines is 1. The lowest BCUT2D eigenvalue weighted by molar-refractivity contribution is -0.131. The molecule has 1 saturated heterocycles. The summed E-state index contributed by atoms with van der Waals surface area (Å²) >= 11 is 6.41. The highest BCUT2D eigenvalue weighted by Gasteiger charge is 2.54. The highest BCUT2D eigenvalue weighted by molar-refractivity contribution is 7.90. The average Bonchev–Trinajstić information content (AvgIpc) is 3.20. The van der Waals surface area contributed by atoms with E-state index in [1.165, 1.54) is 20.1 Å². The van der Waals surface area contributed by atoms with Gasteiger partial charge in [0.1, 0.15) is 23.2 Å². The molecule has 1 fully saturated rings. The topological polar surface area (TPSA) is 129 Å². The number of rotatable bonds is 4. The van der Waals surface area contributed by atoms with Crippen LogP contribution in [-0.2, 0) is 26.6 Å². The largest absolute Gasteiger partial charge is 0.490 e. The molecule has 1 aliphatic carbocycles. The van der Waals surface area contributed by atoms with Crippen molar-refractivity contribution >= 4 is 33.2 Å². The number of nitrogens with zero attached hydrogens (tertiary/aromatic N) is 2. The molecule has 3 N–H and O–H groups in total. The Bertz CT molecular complexity index is 1690. The molecular weight excluding hydrogens is 661 g/mol. The fraction of sp³-hybridized carbons (Fsp3) is 0.571. The minimum atomic E-state index is -4.15. The maximum absolute atomic E-state index is 16.6. The summed E-state index contributed by atoms with van der Waals surface area (Å²) in [6.07, 6.45) is 3.56. The van der Waals surface area contributed by atoms with E-state index in [4.69, 9.17) is 21.1 Å². The molecule has 6 atom stereocenters. The molecule has 2 aromatic rings. The maximum Gasteiger partial charge on any atom is 0.264 e. The van der Waals surface area contributed by atoms with Crippen LogP contribution in [0.4, 0.5) is 10.1 Å². The summed E-state index contributed by atoms with van der Waals surface area (Å²) in [5.74, 6) is -1.49. The van der Waals surface area contributed by atoms with Crippen LogP contribution in [0.3, 0.4) is 0 Å². The van der Waals surface area contributed by atoms with Crippen LogP contribution in [-0.4, -0.2) is 98.9 Å². The number of methoxy groups -OCH3 is 1. The summed E-state index contributed by atoms with van der Waals surface area (Å²) in [6.45, 7) is 3.66. The summed E-state index contributed by atoms with van der Waals surface area (Å²) in [4.78, 5) is 17.5. The predicted octanol–water partition coefficient (Wildman–Crippen LogP) is 3.97. The van der Waals surface area contributed by atoms with Crippen molar-refractivity contribution in [3.8, 4) is 5.75 Å². The molecule has 4 aliphatic rings. The van der Waals surface area contributed by atoms with Crippen molar-refractivity contribution in [2.45, 2.75) is 74.3 Å². The molecule has 0 aromatic heterocycles. The Morgan fingerprint density at radius 1 is 1.21 bits per heavy atom. The van der Waals surface area contributed by atoms with Crippen LogP contribution in [0.2, 0.25) is 5.02 Å². The van der Waals surface area contributed by atoms with Crippen molar-refractivity contribution in [2.75, 3.05) is 51.5 Å². The number of carbonyl (C=O) groups excluding carboxylic acids is 1. The number of aryl methyl sites for hydroxylation is 1. The van der Waals surface area contributed by atoms with E-state index in [1.807, 2.05) is 17.0 Å². The van der Waals surface area contributed by atoms with Gasteiger partial charge in [0.05, 0.1) is 30.8 Å². The van der Waals surface area contributed by atoms with Gasteiger partial charge in [-0.15, -0.1) is 0 Å². The normalized spacial score (nSPS) is 32.4. The number of ether oxygens (including phenoxy) is 2. The van der Waals surface area contributed by atoms with Gasteiger partial charge in [0.15, 0.2) is 0 Å². The van der Waals surface area contributed by atoms with Gasteiger partial charge in [-0.3, -0.25) is 9.69 Å². The molecule has 3 heterocycles. The fourth-order valence-electron chi connectivity index (χ4n) is 8.07. The van der Waals surface area contributed by atoms with Gasteiger partial charge < -0.3 is 24.6 Å². The third-order valence-corrected chi connectivity index (χ3v) is 13.4. The molecule has 10 nitrogen and oxygen atoms in total. The molecule has 6 rings (SSSR count). The second-order valence-electron chi connectivity index (χ2n) is 13.9. The summed E-state index contributed by atoms with van der Waals surface area (Å²) in [7, 11) is -2.78. The van der Waals surface area contributed by atoms with E-state index < -0.39 is 63.2 Å². The van der Waals surface area contributed by atoms with Crippen LogP contribution < -0.4 is 14.4 Å². The van der Waals surface area contributed by atoms with Gasteiger partial charge in [-0.2, -0.15) is 0 Å². The first-order chi connectivity index (χ1) is 22.9. The maximum atomic E-state index is 16.6. The number of hydrogen-bond donors (Lipinski definition) is 3. The minimum Gasteiger partial charge on any atom is -0.490 e. The van der Waals surface area contributed by atoms with Crippen molar-refractivity contribution in [1.82, 2.24) is 9.62 Å². The average molecular weight is 706 g/mol. The zero-order chi connectivity index (χ0) is 34.4. The van der Waals surface area contributed by atoms with E-state index >= 15 is 4.39 Å². The fourth-order valence-corrected chi connectivity index (χ4v) is 9.55. The molecule has 0 unspecified atom stereocenters. The number of amides is 1. The van der Waals surface area contributed by atoms with Gasteiger partial charge in [-0.1, -0.05) is 30.7 Å². The molecule has 2 bridgehead atoms. The standard InChI is InChI=1S/C35H45ClFN3O7S/c1-22-6-11-31(37)35(20-42,32(18-41)46-3)40-14-12-27(40)17-39-19-34(13-4-5-24-15-26(36)8-9-28(24)34)21-47-30-10-7-25(16-29(30)39)33(43)38-48(44,45)23(22)2/h7-11,15-16,22-23,27,32,41-42H,4-6,12-14,17-21H2,1-3H3,(H,38,43)/b31-11-/t22-,23+,27-,32-,34-,35+/m0/s1. The van der Waals surface area contributed by atoms with E-state index in [0.29, 0.717) is 49.1 Å². The van der Waals surface area contributed by atoms with Gasteiger partial charge in [0.2, 0.25) is 10.0 Å². The number of sulfonamides is 1. The first-order valence-electron chi connectivity index (χ1n) is 16.6. The molecule has 3 aliphatic heterocycles. The molecular formula is C35H45ClFN3O7S. The van der Waals surface area contributed by atoms with Gasteiger partial charge in [0.25, 0.3) is 5.91 Å². The second-order valence-corrected chi connectivity index (χ2v) is 16.3. The number of hydrogen-bond acceptors (Lipinski definition) is 9. The van der Waals surface area contributed by atoms with Crippen LogP contribution in [0.5, 0.6) is 5.75 Å². The molecule has 48 heavy (non-hydrogen) atoms. The Balaban J connectivity index is 1.50. The van der Waals surface area contributed by atoms with E-state index in [2.05, 4.69) is 15.7 Å². The molecule has 1 spiro atoms. The van der Waals surface area contributed by atoms with E-state index in [0.717, 1.165) is 30.4 Å². The Morgan fingerprint density at radius 3 is 2.69 bits per heavy atom. The molecule has 1 amide bonds. The lowest BCUT2D eigenvalue weighted by Crippen LogP contribution is -2.71. The summed E-state index contributed by atoms with van der Waals surface area (Å²) in [5.41, 5.74) is 0.977. The van der Waals surface area contributed by atoms with Crippen molar-refractivity contribution in [3.05, 3.63) is 70.0 Å². The third kappa shape index (κ3) is 6.02. The van der Waals surface area contributed by atoms with Crippen molar-refractivity contribution in [1.29, 1.82) is 0 Å². The molecule has 262 valence electrons. The Hall–Kier alpha value is -2.74. The molecule has 0 saturated carbocycles. The number of benzene rings is 2. The summed E-state index contributed by atoms with van der Waals surface area (Å²) in [6, 6.07) is 10.6. The number of aliphatic hydroxyl groups is 2. The predicted molar refractivity (Wildman–Crippen MR) is 182 cm³/mol. The third-order valence-electron chi connectivity index (χ3n) is 11.2. The van der Waals surface area contributed by atoms with Crippen molar-refractivity contribution in [2.24, 2.45) is 5.92 Å². The lowest BCUT2D eigenvalue weighted by Gasteiger charge is -2.56. The van der Waals surface area contributed by atoms with Crippen LogP contribution in [0.15, 0.2) is 48.3 Å². The van der Waals surface area contributed by atoms with Crippen LogP contribution in [0.1, 0.15) is 61.0 Å².